The third-order valence-electron chi connectivity index (χ3n) is 4.90. The Morgan fingerprint density at radius 3 is 2.04 bits per heavy atom. The minimum Gasteiger partial charge on any atom is -0.481 e. The van der Waals surface area contributed by atoms with Gasteiger partial charge in [-0.15, -0.1) is 0 Å². The van der Waals surface area contributed by atoms with Crippen LogP contribution >= 0.6 is 0 Å². The summed E-state index contributed by atoms with van der Waals surface area (Å²) in [5.41, 5.74) is 0. The molecule has 0 aliphatic heterocycles. The van der Waals surface area contributed by atoms with Gasteiger partial charge < -0.3 is 14.5 Å². The molecule has 5 nitrogen and oxygen atoms in total. The highest BCUT2D eigenvalue weighted by Crippen LogP contribution is 2.10. The van der Waals surface area contributed by atoms with Crippen molar-refractivity contribution >= 4 is 11.9 Å². The van der Waals surface area contributed by atoms with Gasteiger partial charge in [-0.2, -0.15) is 0 Å². The molecule has 1 N–H and O–H groups in total. The molecule has 26 heavy (non-hydrogen) atoms. The number of nitrogens with zero attached hydrogens (tertiary/aromatic N) is 2. The third kappa shape index (κ3) is 13.9. The zero-order valence-electron chi connectivity index (χ0n) is 17.3. The molecule has 0 saturated carbocycles. The van der Waals surface area contributed by atoms with E-state index >= 15 is 0 Å². The van der Waals surface area contributed by atoms with E-state index in [9.17, 15) is 9.59 Å². The smallest absolute Gasteiger partial charge is 0.303 e. The molecule has 0 aromatic rings. The third-order valence-corrected chi connectivity index (χ3v) is 4.90. The molecular formula is C21H41N2O3+. The van der Waals surface area contributed by atoms with Gasteiger partial charge >= 0.3 is 5.97 Å². The first-order chi connectivity index (χ1) is 12.3. The van der Waals surface area contributed by atoms with Crippen molar-refractivity contribution in [1.82, 2.24) is 4.90 Å². The number of unbranched alkanes of at least 4 members (excludes halogenated alkanes) is 7. The van der Waals surface area contributed by atoms with Crippen LogP contribution in [-0.4, -0.2) is 66.6 Å². The van der Waals surface area contributed by atoms with Crippen LogP contribution in [0.1, 0.15) is 71.1 Å². The number of carboxylic acids is 1. The normalized spacial score (nSPS) is 11.3. The van der Waals surface area contributed by atoms with Crippen molar-refractivity contribution in [2.24, 2.45) is 0 Å². The number of aliphatic carboxylic acids is 1. The van der Waals surface area contributed by atoms with Crippen LogP contribution in [0.25, 0.3) is 0 Å². The summed E-state index contributed by atoms with van der Waals surface area (Å²) in [5, 5.41) is 8.76. The van der Waals surface area contributed by atoms with Gasteiger partial charge in [0, 0.05) is 13.0 Å². The van der Waals surface area contributed by atoms with Gasteiger partial charge in [-0.3, -0.25) is 9.59 Å². The maximum Gasteiger partial charge on any atom is 0.303 e. The Morgan fingerprint density at radius 1 is 0.923 bits per heavy atom. The van der Waals surface area contributed by atoms with Crippen molar-refractivity contribution in [3.63, 3.8) is 0 Å². The van der Waals surface area contributed by atoms with Crippen LogP contribution in [0.3, 0.4) is 0 Å². The Hall–Kier alpha value is -1.36. The lowest BCUT2D eigenvalue weighted by Crippen LogP contribution is -2.47. The second-order valence-corrected chi connectivity index (χ2v) is 7.88. The SMILES string of the molecule is C=CC(=O)N(CCCCCCCCCC)CC[N+](C)(C)CCCC(=O)O. The summed E-state index contributed by atoms with van der Waals surface area (Å²) in [4.78, 5) is 24.6. The van der Waals surface area contributed by atoms with E-state index in [-0.39, 0.29) is 12.3 Å². The lowest BCUT2D eigenvalue weighted by atomic mass is 10.1. The van der Waals surface area contributed by atoms with E-state index in [4.69, 9.17) is 5.11 Å². The van der Waals surface area contributed by atoms with Crippen LogP contribution in [0.5, 0.6) is 0 Å². The van der Waals surface area contributed by atoms with Crippen molar-refractivity contribution in [3.05, 3.63) is 12.7 Å². The van der Waals surface area contributed by atoms with Crippen molar-refractivity contribution in [2.75, 3.05) is 40.3 Å². The second-order valence-electron chi connectivity index (χ2n) is 7.88. The number of quaternary nitrogens is 1. The molecule has 152 valence electrons. The molecule has 1 amide bonds. The summed E-state index contributed by atoms with van der Waals surface area (Å²) in [7, 11) is 4.18. The van der Waals surface area contributed by atoms with Crippen molar-refractivity contribution < 1.29 is 19.2 Å². The molecule has 0 aromatic heterocycles. The highest BCUT2D eigenvalue weighted by atomic mass is 16.4. The predicted molar refractivity (Wildman–Crippen MR) is 108 cm³/mol. The Morgan fingerprint density at radius 2 is 1.50 bits per heavy atom. The van der Waals surface area contributed by atoms with Crippen LogP contribution in [0.4, 0.5) is 0 Å². The number of carbonyl (C=O) groups is 2. The van der Waals surface area contributed by atoms with Crippen LogP contribution in [-0.2, 0) is 9.59 Å². The van der Waals surface area contributed by atoms with Gasteiger partial charge in [0.15, 0.2) is 0 Å². The summed E-state index contributed by atoms with van der Waals surface area (Å²) < 4.78 is 0.728. The number of amides is 1. The van der Waals surface area contributed by atoms with Crippen LogP contribution in [0.2, 0.25) is 0 Å². The van der Waals surface area contributed by atoms with Crippen molar-refractivity contribution in [1.29, 1.82) is 0 Å². The molecule has 0 unspecified atom stereocenters. The Balaban J connectivity index is 4.10. The molecule has 0 saturated heterocycles. The highest BCUT2D eigenvalue weighted by molar-refractivity contribution is 5.86. The van der Waals surface area contributed by atoms with Crippen LogP contribution in [0.15, 0.2) is 12.7 Å². The summed E-state index contributed by atoms with van der Waals surface area (Å²) in [6.07, 6.45) is 12.3. The van der Waals surface area contributed by atoms with Gasteiger partial charge in [-0.1, -0.05) is 58.4 Å². The van der Waals surface area contributed by atoms with E-state index in [1.54, 1.807) is 0 Å². The number of carboxylic acid groups (broad SMARTS) is 1. The first-order valence-corrected chi connectivity index (χ1v) is 10.3. The first-order valence-electron chi connectivity index (χ1n) is 10.3. The Bertz CT molecular complexity index is 408. The molecule has 5 heteroatoms. The van der Waals surface area contributed by atoms with E-state index in [1.165, 1.54) is 51.0 Å². The summed E-state index contributed by atoms with van der Waals surface area (Å²) >= 11 is 0. The summed E-state index contributed by atoms with van der Waals surface area (Å²) in [6.45, 7) is 8.97. The zero-order chi connectivity index (χ0) is 19.8. The Kier molecular flexibility index (Phi) is 14.0. The summed E-state index contributed by atoms with van der Waals surface area (Å²) in [5.74, 6) is -0.748. The quantitative estimate of drug-likeness (QED) is 0.239. The molecule has 0 heterocycles. The molecule has 0 aliphatic rings. The van der Waals surface area contributed by atoms with E-state index < -0.39 is 5.97 Å². The number of hydrogen-bond acceptors (Lipinski definition) is 2. The zero-order valence-corrected chi connectivity index (χ0v) is 17.3. The van der Waals surface area contributed by atoms with Crippen LogP contribution in [0, 0.1) is 0 Å². The van der Waals surface area contributed by atoms with Crippen molar-refractivity contribution in [2.45, 2.75) is 71.1 Å². The van der Waals surface area contributed by atoms with Gasteiger partial charge in [0.2, 0.25) is 5.91 Å². The van der Waals surface area contributed by atoms with Crippen molar-refractivity contribution in [3.8, 4) is 0 Å². The fraction of sp³-hybridized carbons (Fsp3) is 0.810. The van der Waals surface area contributed by atoms with Crippen LogP contribution < -0.4 is 0 Å². The molecule has 0 rings (SSSR count). The van der Waals surface area contributed by atoms with Gasteiger partial charge in [-0.25, -0.2) is 0 Å². The molecule has 0 atom stereocenters. The maximum atomic E-state index is 12.1. The number of carbonyl (C=O) groups excluding carboxylic acids is 1. The molecule has 0 spiro atoms. The number of hydrogen-bond donors (Lipinski definition) is 1. The van der Waals surface area contributed by atoms with Gasteiger partial charge in [0.1, 0.15) is 0 Å². The van der Waals surface area contributed by atoms with Gasteiger partial charge in [0.25, 0.3) is 0 Å². The highest BCUT2D eigenvalue weighted by Gasteiger charge is 2.19. The average Bonchev–Trinajstić information content (AvgIpc) is 2.58. The molecule has 0 fully saturated rings. The average molecular weight is 370 g/mol. The monoisotopic (exact) mass is 369 g/mol. The fourth-order valence-electron chi connectivity index (χ4n) is 3.06. The van der Waals surface area contributed by atoms with Gasteiger partial charge in [-0.05, 0) is 12.5 Å². The minimum atomic E-state index is -0.747. The lowest BCUT2D eigenvalue weighted by Gasteiger charge is -2.32. The van der Waals surface area contributed by atoms with Gasteiger partial charge in [0.05, 0.1) is 40.2 Å². The topological polar surface area (TPSA) is 57.6 Å². The second kappa shape index (κ2) is 14.8. The largest absolute Gasteiger partial charge is 0.481 e. The molecule has 0 radical (unpaired) electrons. The van der Waals surface area contributed by atoms with E-state index in [0.29, 0.717) is 13.0 Å². The molecular weight excluding hydrogens is 328 g/mol. The standard InChI is InChI=1S/C21H40N2O3/c1-5-7-8-9-10-11-12-13-16-22(20(24)6-2)17-19-23(3,4)18-14-15-21(25)26/h6H,2,5,7-19H2,1,3-4H3/p+1. The Labute approximate surface area is 160 Å². The number of likely N-dealkylation sites (N-methyl/N-ethyl adjacent to an activating group) is 1. The van der Waals surface area contributed by atoms with E-state index in [2.05, 4.69) is 27.6 Å². The molecule has 0 bridgehead atoms. The first kappa shape index (κ1) is 24.6. The molecule has 0 aromatic carbocycles. The summed E-state index contributed by atoms with van der Waals surface area (Å²) in [6, 6.07) is 0. The fourth-order valence-corrected chi connectivity index (χ4v) is 3.06. The van der Waals surface area contributed by atoms with E-state index in [0.717, 1.165) is 30.5 Å². The maximum absolute atomic E-state index is 12.1. The van der Waals surface area contributed by atoms with E-state index in [1.807, 2.05) is 4.90 Å². The predicted octanol–water partition coefficient (Wildman–Crippen LogP) is 4.08. The number of rotatable bonds is 17. The molecule has 0 aliphatic carbocycles. The lowest BCUT2D eigenvalue weighted by molar-refractivity contribution is -0.889. The minimum absolute atomic E-state index is 0.00141.